The highest BCUT2D eigenvalue weighted by Crippen LogP contribution is 2.30. The van der Waals surface area contributed by atoms with Crippen LogP contribution in [0.25, 0.3) is 5.95 Å². The van der Waals surface area contributed by atoms with Crippen molar-refractivity contribution in [1.82, 2.24) is 34.9 Å². The first-order valence-corrected chi connectivity index (χ1v) is 10.2. The van der Waals surface area contributed by atoms with E-state index in [0.29, 0.717) is 30.5 Å². The second-order valence-corrected chi connectivity index (χ2v) is 7.71. The van der Waals surface area contributed by atoms with Gasteiger partial charge in [0.15, 0.2) is 5.82 Å². The minimum absolute atomic E-state index is 0.0524. The number of carbonyl (C=O) groups excluding carboxylic acids is 2. The van der Waals surface area contributed by atoms with E-state index < -0.39 is 12.1 Å². The summed E-state index contributed by atoms with van der Waals surface area (Å²) in [4.78, 5) is 41.2. The molecule has 1 aromatic carbocycles. The third kappa shape index (κ3) is 4.09. The Morgan fingerprint density at radius 3 is 2.53 bits per heavy atom. The van der Waals surface area contributed by atoms with Crippen LogP contribution in [0.15, 0.2) is 36.9 Å². The van der Waals surface area contributed by atoms with Crippen molar-refractivity contribution in [2.24, 2.45) is 0 Å². The monoisotopic (exact) mass is 435 g/mol. The standard InChI is InChI=1S/C21H25N9O2/c1-13-10-14(2)17(29-9-8-28(4)21(29)32)11-16(13)27-20(31)26-15(3)18-24-12-25-30(18)19-22-6-5-7-23-19/h5-7,10-12,15H,8-9H2,1-4H3,(H2,26,27,31)/t15-/m0/s1. The average Bonchev–Trinajstić information content (AvgIpc) is 3.38. The molecule has 32 heavy (non-hydrogen) atoms. The minimum atomic E-state index is -0.458. The van der Waals surface area contributed by atoms with Crippen molar-refractivity contribution < 1.29 is 9.59 Å². The van der Waals surface area contributed by atoms with Gasteiger partial charge in [-0.15, -0.1) is 0 Å². The van der Waals surface area contributed by atoms with E-state index in [4.69, 9.17) is 0 Å². The Kier molecular flexibility index (Phi) is 5.71. The fraction of sp³-hybridized carbons (Fsp3) is 0.333. The number of aromatic nitrogens is 5. The van der Waals surface area contributed by atoms with Gasteiger partial charge >= 0.3 is 12.1 Å². The van der Waals surface area contributed by atoms with Crippen LogP contribution in [-0.2, 0) is 0 Å². The van der Waals surface area contributed by atoms with Gasteiger partial charge in [0, 0.05) is 38.2 Å². The van der Waals surface area contributed by atoms with Crippen LogP contribution in [-0.4, -0.2) is 61.8 Å². The van der Waals surface area contributed by atoms with Crippen molar-refractivity contribution >= 4 is 23.4 Å². The highest BCUT2D eigenvalue weighted by Gasteiger charge is 2.28. The molecule has 1 atom stereocenters. The number of nitrogens with zero attached hydrogens (tertiary/aromatic N) is 7. The van der Waals surface area contributed by atoms with E-state index in [0.717, 1.165) is 16.8 Å². The Labute approximate surface area is 185 Å². The first-order valence-electron chi connectivity index (χ1n) is 10.2. The van der Waals surface area contributed by atoms with Gasteiger partial charge in [0.25, 0.3) is 5.95 Å². The number of anilines is 2. The molecule has 1 saturated heterocycles. The molecule has 0 radical (unpaired) electrons. The average molecular weight is 435 g/mol. The molecule has 1 aliphatic rings. The number of nitrogens with one attached hydrogen (secondary N) is 2. The van der Waals surface area contributed by atoms with Crippen LogP contribution in [0.3, 0.4) is 0 Å². The van der Waals surface area contributed by atoms with Gasteiger partial charge in [-0.25, -0.2) is 24.5 Å². The van der Waals surface area contributed by atoms with E-state index in [1.54, 1.807) is 42.2 Å². The van der Waals surface area contributed by atoms with Gasteiger partial charge in [-0.05, 0) is 44.0 Å². The zero-order chi connectivity index (χ0) is 22.8. The van der Waals surface area contributed by atoms with Crippen molar-refractivity contribution in [3.63, 3.8) is 0 Å². The van der Waals surface area contributed by atoms with Crippen LogP contribution in [0.2, 0.25) is 0 Å². The van der Waals surface area contributed by atoms with Crippen molar-refractivity contribution in [3.05, 3.63) is 53.9 Å². The van der Waals surface area contributed by atoms with Crippen molar-refractivity contribution in [3.8, 4) is 5.95 Å². The van der Waals surface area contributed by atoms with Gasteiger partial charge < -0.3 is 15.5 Å². The Balaban J connectivity index is 1.50. The van der Waals surface area contributed by atoms with E-state index in [1.165, 1.54) is 11.0 Å². The number of hydrogen-bond donors (Lipinski definition) is 2. The Morgan fingerprint density at radius 2 is 1.84 bits per heavy atom. The second kappa shape index (κ2) is 8.61. The SMILES string of the molecule is Cc1cc(C)c(N2CCN(C)C2=O)cc1NC(=O)N[C@@H](C)c1ncnn1-c1ncccn1. The first-order chi connectivity index (χ1) is 15.3. The molecule has 3 heterocycles. The lowest BCUT2D eigenvalue weighted by Crippen LogP contribution is -2.33. The fourth-order valence-electron chi connectivity index (χ4n) is 3.66. The summed E-state index contributed by atoms with van der Waals surface area (Å²) in [6.07, 6.45) is 4.61. The Hall–Kier alpha value is -4.02. The van der Waals surface area contributed by atoms with E-state index in [2.05, 4.69) is 30.7 Å². The molecule has 166 valence electrons. The molecule has 4 amide bonds. The second-order valence-electron chi connectivity index (χ2n) is 7.71. The third-order valence-electron chi connectivity index (χ3n) is 5.35. The summed E-state index contributed by atoms with van der Waals surface area (Å²) in [6.45, 7) is 6.95. The molecule has 0 saturated carbocycles. The lowest BCUT2D eigenvalue weighted by atomic mass is 10.1. The maximum Gasteiger partial charge on any atom is 0.324 e. The smallest absolute Gasteiger partial charge is 0.324 e. The van der Waals surface area contributed by atoms with E-state index in [-0.39, 0.29) is 6.03 Å². The van der Waals surface area contributed by atoms with Crippen LogP contribution >= 0.6 is 0 Å². The summed E-state index contributed by atoms with van der Waals surface area (Å²) < 4.78 is 1.48. The zero-order valence-corrected chi connectivity index (χ0v) is 18.4. The summed E-state index contributed by atoms with van der Waals surface area (Å²) >= 11 is 0. The van der Waals surface area contributed by atoms with Crippen LogP contribution < -0.4 is 15.5 Å². The fourth-order valence-corrected chi connectivity index (χ4v) is 3.66. The van der Waals surface area contributed by atoms with Crippen molar-refractivity contribution in [2.75, 3.05) is 30.4 Å². The zero-order valence-electron chi connectivity index (χ0n) is 18.4. The van der Waals surface area contributed by atoms with Gasteiger partial charge in [0.2, 0.25) is 0 Å². The molecule has 3 aromatic rings. The van der Waals surface area contributed by atoms with Crippen LogP contribution in [0, 0.1) is 13.8 Å². The lowest BCUT2D eigenvalue weighted by molar-refractivity contribution is 0.229. The number of aryl methyl sites for hydroxylation is 2. The summed E-state index contributed by atoms with van der Waals surface area (Å²) in [5.41, 5.74) is 3.29. The number of hydrogen-bond acceptors (Lipinski definition) is 6. The molecule has 4 rings (SSSR count). The topological polar surface area (TPSA) is 121 Å². The number of amides is 4. The molecule has 2 N–H and O–H groups in total. The number of urea groups is 2. The van der Waals surface area contributed by atoms with E-state index >= 15 is 0 Å². The summed E-state index contributed by atoms with van der Waals surface area (Å²) in [5.74, 6) is 0.867. The van der Waals surface area contributed by atoms with E-state index in [9.17, 15) is 9.59 Å². The number of benzene rings is 1. The van der Waals surface area contributed by atoms with E-state index in [1.807, 2.05) is 26.0 Å². The molecule has 0 unspecified atom stereocenters. The molecule has 0 bridgehead atoms. The first kappa shape index (κ1) is 21.2. The van der Waals surface area contributed by atoms with Gasteiger partial charge in [-0.1, -0.05) is 6.07 Å². The summed E-state index contributed by atoms with van der Waals surface area (Å²) in [5, 5.41) is 9.92. The lowest BCUT2D eigenvalue weighted by Gasteiger charge is -2.21. The molecular weight excluding hydrogens is 410 g/mol. The van der Waals surface area contributed by atoms with Gasteiger partial charge in [-0.3, -0.25) is 4.90 Å². The van der Waals surface area contributed by atoms with Crippen LogP contribution in [0.4, 0.5) is 21.0 Å². The number of carbonyl (C=O) groups is 2. The number of likely N-dealkylation sites (N-methyl/N-ethyl adjacent to an activating group) is 1. The van der Waals surface area contributed by atoms with Crippen molar-refractivity contribution in [1.29, 1.82) is 0 Å². The molecule has 0 aliphatic carbocycles. The largest absolute Gasteiger partial charge is 0.328 e. The predicted octanol–water partition coefficient (Wildman–Crippen LogP) is 2.43. The highest BCUT2D eigenvalue weighted by molar-refractivity contribution is 5.97. The third-order valence-corrected chi connectivity index (χ3v) is 5.35. The molecule has 1 fully saturated rings. The summed E-state index contributed by atoms with van der Waals surface area (Å²) in [6, 6.07) is 4.60. The molecule has 1 aliphatic heterocycles. The van der Waals surface area contributed by atoms with Crippen LogP contribution in [0.5, 0.6) is 0 Å². The number of rotatable bonds is 5. The summed E-state index contributed by atoms with van der Waals surface area (Å²) in [7, 11) is 1.78. The quantitative estimate of drug-likeness (QED) is 0.635. The maximum atomic E-state index is 12.8. The van der Waals surface area contributed by atoms with Gasteiger partial charge in [0.1, 0.15) is 6.33 Å². The van der Waals surface area contributed by atoms with Crippen molar-refractivity contribution in [2.45, 2.75) is 26.8 Å². The molecule has 0 spiro atoms. The van der Waals surface area contributed by atoms with Gasteiger partial charge in [-0.2, -0.15) is 9.78 Å². The molecular formula is C21H25N9O2. The predicted molar refractivity (Wildman–Crippen MR) is 119 cm³/mol. The Morgan fingerprint density at radius 1 is 1.09 bits per heavy atom. The minimum Gasteiger partial charge on any atom is -0.328 e. The highest BCUT2D eigenvalue weighted by atomic mass is 16.2. The van der Waals surface area contributed by atoms with Gasteiger partial charge in [0.05, 0.1) is 11.7 Å². The molecule has 11 nitrogen and oxygen atoms in total. The Bertz CT molecular complexity index is 1150. The van der Waals surface area contributed by atoms with Crippen LogP contribution in [0.1, 0.15) is 29.9 Å². The normalized spacial score (nSPS) is 14.6. The molecule has 2 aromatic heterocycles. The maximum absolute atomic E-state index is 12.8. The molecule has 11 heteroatoms.